The Kier molecular flexibility index (Phi) is 2.28. The van der Waals surface area contributed by atoms with Crippen molar-refractivity contribution < 1.29 is 9.90 Å². The number of fused-ring (bicyclic) bond motifs is 1. The molecule has 1 heterocycles. The Labute approximate surface area is 78.7 Å². The maximum atomic E-state index is 10.4. The fraction of sp³-hybridized carbons (Fsp3) is 0.900. The zero-order chi connectivity index (χ0) is 9.42. The van der Waals surface area contributed by atoms with Gasteiger partial charge in [-0.1, -0.05) is 6.92 Å². The van der Waals surface area contributed by atoms with Gasteiger partial charge in [-0.3, -0.25) is 4.79 Å². The number of piperidine rings is 1. The van der Waals surface area contributed by atoms with Crippen molar-refractivity contribution in [2.75, 3.05) is 19.6 Å². The summed E-state index contributed by atoms with van der Waals surface area (Å²) in [6.07, 6.45) is 1.73. The van der Waals surface area contributed by atoms with Crippen molar-refractivity contribution in [1.82, 2.24) is 4.90 Å². The lowest BCUT2D eigenvalue weighted by Crippen LogP contribution is -2.28. The molecule has 0 amide bonds. The summed E-state index contributed by atoms with van der Waals surface area (Å²) < 4.78 is 0. The van der Waals surface area contributed by atoms with E-state index in [0.29, 0.717) is 12.3 Å². The minimum atomic E-state index is -0.670. The maximum Gasteiger partial charge on any atom is 0.303 e. The van der Waals surface area contributed by atoms with Crippen LogP contribution in [-0.4, -0.2) is 35.6 Å². The molecule has 2 fully saturated rings. The molecule has 3 heteroatoms. The SMILES string of the molecule is CC(CC(=O)O)CN1CC2CC2C1. The normalized spacial score (nSPS) is 34.2. The van der Waals surface area contributed by atoms with Crippen molar-refractivity contribution in [2.24, 2.45) is 17.8 Å². The molecule has 1 saturated carbocycles. The summed E-state index contributed by atoms with van der Waals surface area (Å²) in [6, 6.07) is 0. The second-order valence-electron chi connectivity index (χ2n) is 4.68. The van der Waals surface area contributed by atoms with Crippen LogP contribution < -0.4 is 0 Å². The molecule has 1 N–H and O–H groups in total. The lowest BCUT2D eigenvalue weighted by atomic mass is 10.1. The lowest BCUT2D eigenvalue weighted by Gasteiger charge is -2.20. The molecule has 1 aliphatic carbocycles. The number of aliphatic carboxylic acids is 1. The summed E-state index contributed by atoms with van der Waals surface area (Å²) in [5, 5.41) is 8.60. The van der Waals surface area contributed by atoms with Crippen molar-refractivity contribution in [2.45, 2.75) is 19.8 Å². The van der Waals surface area contributed by atoms with E-state index in [-0.39, 0.29) is 0 Å². The smallest absolute Gasteiger partial charge is 0.303 e. The number of carbonyl (C=O) groups is 1. The van der Waals surface area contributed by atoms with Gasteiger partial charge in [0.25, 0.3) is 0 Å². The molecule has 1 aliphatic heterocycles. The van der Waals surface area contributed by atoms with Crippen LogP contribution in [0.1, 0.15) is 19.8 Å². The monoisotopic (exact) mass is 183 g/mol. The Balaban J connectivity index is 1.69. The third-order valence-corrected chi connectivity index (χ3v) is 3.15. The zero-order valence-corrected chi connectivity index (χ0v) is 8.07. The highest BCUT2D eigenvalue weighted by atomic mass is 16.4. The van der Waals surface area contributed by atoms with E-state index in [9.17, 15) is 4.79 Å². The Morgan fingerprint density at radius 1 is 1.54 bits per heavy atom. The molecule has 0 spiro atoms. The molecule has 0 bridgehead atoms. The molecular formula is C10H17NO2. The van der Waals surface area contributed by atoms with E-state index in [4.69, 9.17) is 5.11 Å². The molecule has 0 radical (unpaired) electrons. The van der Waals surface area contributed by atoms with Gasteiger partial charge in [0.2, 0.25) is 0 Å². The molecule has 2 aliphatic rings. The van der Waals surface area contributed by atoms with Gasteiger partial charge in [0.15, 0.2) is 0 Å². The summed E-state index contributed by atoms with van der Waals surface area (Å²) in [5.74, 6) is 1.54. The highest BCUT2D eigenvalue weighted by Gasteiger charge is 2.44. The molecule has 0 aromatic rings. The number of likely N-dealkylation sites (tertiary alicyclic amines) is 1. The van der Waals surface area contributed by atoms with Crippen molar-refractivity contribution in [3.8, 4) is 0 Å². The molecule has 0 aromatic heterocycles. The first-order valence-electron chi connectivity index (χ1n) is 5.09. The third kappa shape index (κ3) is 2.21. The van der Waals surface area contributed by atoms with E-state index in [1.807, 2.05) is 6.92 Å². The number of carboxylic acids is 1. The van der Waals surface area contributed by atoms with Gasteiger partial charge in [-0.2, -0.15) is 0 Å². The molecular weight excluding hydrogens is 166 g/mol. The van der Waals surface area contributed by atoms with E-state index >= 15 is 0 Å². The van der Waals surface area contributed by atoms with Crippen molar-refractivity contribution in [3.05, 3.63) is 0 Å². The fourth-order valence-electron chi connectivity index (χ4n) is 2.45. The number of hydrogen-bond donors (Lipinski definition) is 1. The van der Waals surface area contributed by atoms with Crippen LogP contribution in [0.5, 0.6) is 0 Å². The Hall–Kier alpha value is -0.570. The highest BCUT2D eigenvalue weighted by Crippen LogP contribution is 2.44. The topological polar surface area (TPSA) is 40.5 Å². The van der Waals surface area contributed by atoms with Gasteiger partial charge in [-0.15, -0.1) is 0 Å². The summed E-state index contributed by atoms with van der Waals surface area (Å²) in [7, 11) is 0. The molecule has 74 valence electrons. The van der Waals surface area contributed by atoms with Gasteiger partial charge in [-0.25, -0.2) is 0 Å². The van der Waals surface area contributed by atoms with Gasteiger partial charge >= 0.3 is 5.97 Å². The van der Waals surface area contributed by atoms with Crippen LogP contribution in [0.4, 0.5) is 0 Å². The number of nitrogens with zero attached hydrogens (tertiary/aromatic N) is 1. The van der Waals surface area contributed by atoms with Crippen LogP contribution in [0.25, 0.3) is 0 Å². The van der Waals surface area contributed by atoms with Crippen LogP contribution in [0, 0.1) is 17.8 Å². The minimum Gasteiger partial charge on any atom is -0.481 e. The second-order valence-corrected chi connectivity index (χ2v) is 4.68. The predicted molar refractivity (Wildman–Crippen MR) is 49.5 cm³/mol. The quantitative estimate of drug-likeness (QED) is 0.708. The summed E-state index contributed by atoms with van der Waals surface area (Å²) in [4.78, 5) is 12.9. The van der Waals surface area contributed by atoms with Gasteiger partial charge in [0.1, 0.15) is 0 Å². The molecule has 1 saturated heterocycles. The van der Waals surface area contributed by atoms with E-state index in [2.05, 4.69) is 4.90 Å². The van der Waals surface area contributed by atoms with Gasteiger partial charge in [-0.05, 0) is 24.2 Å². The van der Waals surface area contributed by atoms with Crippen LogP contribution in [0.3, 0.4) is 0 Å². The Morgan fingerprint density at radius 2 is 2.15 bits per heavy atom. The average molecular weight is 183 g/mol. The zero-order valence-electron chi connectivity index (χ0n) is 8.07. The number of carboxylic acid groups (broad SMARTS) is 1. The number of hydrogen-bond acceptors (Lipinski definition) is 2. The highest BCUT2D eigenvalue weighted by molar-refractivity contribution is 5.66. The largest absolute Gasteiger partial charge is 0.481 e. The molecule has 13 heavy (non-hydrogen) atoms. The van der Waals surface area contributed by atoms with Gasteiger partial charge in [0.05, 0.1) is 0 Å². The van der Waals surface area contributed by atoms with E-state index in [1.54, 1.807) is 0 Å². The minimum absolute atomic E-state index is 0.301. The fourth-order valence-corrected chi connectivity index (χ4v) is 2.45. The molecule has 2 rings (SSSR count). The standard InChI is InChI=1S/C10H17NO2/c1-7(2-10(12)13)4-11-5-8-3-9(8)6-11/h7-9H,2-6H2,1H3,(H,12,13). The third-order valence-electron chi connectivity index (χ3n) is 3.15. The van der Waals surface area contributed by atoms with Crippen LogP contribution in [0.2, 0.25) is 0 Å². The molecule has 3 nitrogen and oxygen atoms in total. The van der Waals surface area contributed by atoms with Crippen LogP contribution >= 0.6 is 0 Å². The first kappa shape index (κ1) is 9.00. The van der Waals surface area contributed by atoms with E-state index in [1.165, 1.54) is 19.5 Å². The summed E-state index contributed by atoms with van der Waals surface area (Å²) in [6.45, 7) is 5.43. The number of rotatable bonds is 4. The average Bonchev–Trinajstić information content (AvgIpc) is 2.57. The lowest BCUT2D eigenvalue weighted by molar-refractivity contribution is -0.138. The molecule has 3 atom stereocenters. The molecule has 0 aromatic carbocycles. The summed E-state index contributed by atoms with van der Waals surface area (Å²) >= 11 is 0. The van der Waals surface area contributed by atoms with Crippen molar-refractivity contribution in [1.29, 1.82) is 0 Å². The van der Waals surface area contributed by atoms with Gasteiger partial charge in [0, 0.05) is 26.1 Å². The second kappa shape index (κ2) is 3.29. The Bertz CT molecular complexity index is 207. The van der Waals surface area contributed by atoms with Crippen molar-refractivity contribution in [3.63, 3.8) is 0 Å². The Morgan fingerprint density at radius 3 is 2.69 bits per heavy atom. The first-order chi connectivity index (χ1) is 6.15. The van der Waals surface area contributed by atoms with Crippen LogP contribution in [-0.2, 0) is 4.79 Å². The first-order valence-corrected chi connectivity index (χ1v) is 5.09. The van der Waals surface area contributed by atoms with Crippen LogP contribution in [0.15, 0.2) is 0 Å². The van der Waals surface area contributed by atoms with Gasteiger partial charge < -0.3 is 10.0 Å². The maximum absolute atomic E-state index is 10.4. The van der Waals surface area contributed by atoms with E-state index in [0.717, 1.165) is 18.4 Å². The molecule has 3 unspecified atom stereocenters. The van der Waals surface area contributed by atoms with E-state index < -0.39 is 5.97 Å². The van der Waals surface area contributed by atoms with Crippen molar-refractivity contribution >= 4 is 5.97 Å². The summed E-state index contributed by atoms with van der Waals surface area (Å²) in [5.41, 5.74) is 0. The predicted octanol–water partition coefficient (Wildman–Crippen LogP) is 1.05.